The van der Waals surface area contributed by atoms with Gasteiger partial charge in [-0.15, -0.1) is 0 Å². The molecule has 1 amide bonds. The average molecular weight is 331 g/mol. The molecule has 96 valence electrons. The molecule has 0 aliphatic heterocycles. The quantitative estimate of drug-likeness (QED) is 0.909. The zero-order valence-electron chi connectivity index (χ0n) is 9.77. The van der Waals surface area contributed by atoms with Gasteiger partial charge in [0, 0.05) is 34.2 Å². The van der Waals surface area contributed by atoms with Crippen LogP contribution in [0.25, 0.3) is 10.9 Å². The summed E-state index contributed by atoms with van der Waals surface area (Å²) in [5.74, 6) is -0.628. The first-order valence-electron chi connectivity index (χ1n) is 5.04. The molecule has 1 heterocycles. The number of halogens is 1. The Bertz CT molecular complexity index is 734. The van der Waals surface area contributed by atoms with Crippen molar-refractivity contribution in [2.45, 2.75) is 0 Å². The number of aromatic nitrogens is 1. The second kappa shape index (κ2) is 4.40. The molecule has 0 atom stereocenters. The van der Waals surface area contributed by atoms with E-state index in [0.29, 0.717) is 5.56 Å². The smallest absolute Gasteiger partial charge is 0.264 e. The topological polar surface area (TPSA) is 68.2 Å². The van der Waals surface area contributed by atoms with Crippen LogP contribution in [0.3, 0.4) is 0 Å². The fraction of sp³-hybridized carbons (Fsp3) is 0.182. The van der Waals surface area contributed by atoms with E-state index in [2.05, 4.69) is 15.9 Å². The number of aryl methyl sites for hydroxylation is 1. The molecule has 0 saturated heterocycles. The average Bonchev–Trinajstić information content (AvgIpc) is 2.52. The largest absolute Gasteiger partial charge is 0.349 e. The lowest BCUT2D eigenvalue weighted by Crippen LogP contribution is -2.29. The number of hydrogen-bond acceptors (Lipinski definition) is 3. The monoisotopic (exact) mass is 330 g/mol. The van der Waals surface area contributed by atoms with E-state index in [1.54, 1.807) is 18.2 Å². The normalized spacial score (nSPS) is 11.7. The maximum Gasteiger partial charge on any atom is 0.264 e. The number of hydrogen-bond donors (Lipinski definition) is 1. The number of benzene rings is 1. The van der Waals surface area contributed by atoms with Gasteiger partial charge in [-0.05, 0) is 28.1 Å². The van der Waals surface area contributed by atoms with Gasteiger partial charge in [0.1, 0.15) is 0 Å². The fourth-order valence-electron chi connectivity index (χ4n) is 1.70. The van der Waals surface area contributed by atoms with Crippen LogP contribution >= 0.6 is 15.9 Å². The number of rotatable bonds is 2. The maximum atomic E-state index is 11.7. The van der Waals surface area contributed by atoms with Crippen molar-refractivity contribution in [1.29, 1.82) is 0 Å². The summed E-state index contributed by atoms with van der Waals surface area (Å²) in [6, 6.07) is 5.02. The molecule has 5 nitrogen and oxygen atoms in total. The molecule has 0 saturated carbocycles. The second-order valence-corrected chi connectivity index (χ2v) is 6.63. The standard InChI is InChI=1S/C11H11BrN2O3S/c1-14-6-9(12)8-4-3-7(5-10(8)14)11(15)13-18(2,16)17/h3-6H,1-2H3,(H,13,15). The van der Waals surface area contributed by atoms with E-state index < -0.39 is 15.9 Å². The molecule has 0 radical (unpaired) electrons. The van der Waals surface area contributed by atoms with Crippen molar-refractivity contribution in [3.63, 3.8) is 0 Å². The van der Waals surface area contributed by atoms with E-state index in [1.807, 2.05) is 22.5 Å². The molecular formula is C11H11BrN2O3S. The summed E-state index contributed by atoms with van der Waals surface area (Å²) >= 11 is 3.41. The third-order valence-corrected chi connectivity index (χ3v) is 3.67. The molecule has 0 spiro atoms. The van der Waals surface area contributed by atoms with Crippen LogP contribution in [0.1, 0.15) is 10.4 Å². The Balaban J connectivity index is 2.47. The van der Waals surface area contributed by atoms with E-state index in [-0.39, 0.29) is 0 Å². The predicted molar refractivity (Wildman–Crippen MR) is 72.9 cm³/mol. The van der Waals surface area contributed by atoms with Gasteiger partial charge in [-0.3, -0.25) is 4.79 Å². The second-order valence-electron chi connectivity index (χ2n) is 4.02. The molecular weight excluding hydrogens is 320 g/mol. The van der Waals surface area contributed by atoms with E-state index >= 15 is 0 Å². The first kappa shape index (κ1) is 13.1. The highest BCUT2D eigenvalue weighted by molar-refractivity contribution is 9.10. The van der Waals surface area contributed by atoms with Crippen LogP contribution in [0.15, 0.2) is 28.9 Å². The van der Waals surface area contributed by atoms with Gasteiger partial charge in [-0.2, -0.15) is 0 Å². The van der Waals surface area contributed by atoms with Crippen LogP contribution in [0.4, 0.5) is 0 Å². The minimum absolute atomic E-state index is 0.307. The highest BCUT2D eigenvalue weighted by Gasteiger charge is 2.13. The maximum absolute atomic E-state index is 11.7. The lowest BCUT2D eigenvalue weighted by Gasteiger charge is -2.03. The van der Waals surface area contributed by atoms with Crippen molar-refractivity contribution in [2.75, 3.05) is 6.26 Å². The van der Waals surface area contributed by atoms with E-state index in [1.165, 1.54) is 0 Å². The van der Waals surface area contributed by atoms with Gasteiger partial charge in [-0.25, -0.2) is 13.1 Å². The highest BCUT2D eigenvalue weighted by atomic mass is 79.9. The number of nitrogens with one attached hydrogen (secondary N) is 1. The Kier molecular flexibility index (Phi) is 3.20. The first-order valence-corrected chi connectivity index (χ1v) is 7.73. The Morgan fingerprint density at radius 2 is 2.06 bits per heavy atom. The molecule has 7 heteroatoms. The predicted octanol–water partition coefficient (Wildman–Crippen LogP) is 1.63. The molecule has 0 unspecified atom stereocenters. The minimum Gasteiger partial charge on any atom is -0.349 e. The molecule has 0 aliphatic rings. The number of amides is 1. The van der Waals surface area contributed by atoms with Crippen LogP contribution in [-0.4, -0.2) is 25.1 Å². The lowest BCUT2D eigenvalue weighted by molar-refractivity contribution is 0.0982. The molecule has 0 fully saturated rings. The summed E-state index contributed by atoms with van der Waals surface area (Å²) in [6.07, 6.45) is 2.82. The van der Waals surface area contributed by atoms with Crippen LogP contribution in [0.2, 0.25) is 0 Å². The minimum atomic E-state index is -3.55. The molecule has 1 N–H and O–H groups in total. The van der Waals surface area contributed by atoms with Crippen molar-refractivity contribution < 1.29 is 13.2 Å². The highest BCUT2D eigenvalue weighted by Crippen LogP contribution is 2.26. The van der Waals surface area contributed by atoms with Crippen molar-refractivity contribution in [3.05, 3.63) is 34.4 Å². The summed E-state index contributed by atoms with van der Waals surface area (Å²) in [4.78, 5) is 11.7. The van der Waals surface area contributed by atoms with Crippen LogP contribution in [0, 0.1) is 0 Å². The number of carbonyl (C=O) groups is 1. The summed E-state index contributed by atoms with van der Waals surface area (Å²) in [5.41, 5.74) is 1.16. The van der Waals surface area contributed by atoms with Gasteiger partial charge in [0.2, 0.25) is 10.0 Å². The number of carbonyl (C=O) groups excluding carboxylic acids is 1. The molecule has 18 heavy (non-hydrogen) atoms. The Morgan fingerprint density at radius 3 is 2.67 bits per heavy atom. The summed E-state index contributed by atoms with van der Waals surface area (Å²) < 4.78 is 26.7. The SMILES string of the molecule is Cn1cc(Br)c2ccc(C(=O)NS(C)(=O)=O)cc21. The van der Waals surface area contributed by atoms with Gasteiger partial charge in [0.15, 0.2) is 0 Å². The number of nitrogens with zero attached hydrogens (tertiary/aromatic N) is 1. The third kappa shape index (κ3) is 2.56. The Hall–Kier alpha value is -1.34. The summed E-state index contributed by atoms with van der Waals surface area (Å²) in [7, 11) is -1.69. The van der Waals surface area contributed by atoms with Crippen molar-refractivity contribution >= 4 is 42.8 Å². The first-order chi connectivity index (χ1) is 8.28. The van der Waals surface area contributed by atoms with Gasteiger partial charge < -0.3 is 4.57 Å². The number of sulfonamides is 1. The van der Waals surface area contributed by atoms with Crippen LogP contribution in [-0.2, 0) is 17.1 Å². The van der Waals surface area contributed by atoms with Crippen molar-refractivity contribution in [2.24, 2.45) is 7.05 Å². The van der Waals surface area contributed by atoms with E-state index in [0.717, 1.165) is 21.6 Å². The molecule has 1 aromatic heterocycles. The zero-order chi connectivity index (χ0) is 13.5. The van der Waals surface area contributed by atoms with Crippen molar-refractivity contribution in [3.8, 4) is 0 Å². The van der Waals surface area contributed by atoms with Crippen molar-refractivity contribution in [1.82, 2.24) is 9.29 Å². The zero-order valence-corrected chi connectivity index (χ0v) is 12.2. The van der Waals surface area contributed by atoms with Crippen LogP contribution in [0.5, 0.6) is 0 Å². The molecule has 0 bridgehead atoms. The fourth-order valence-corrected chi connectivity index (χ4v) is 2.80. The Morgan fingerprint density at radius 1 is 1.39 bits per heavy atom. The van der Waals surface area contributed by atoms with Crippen LogP contribution < -0.4 is 4.72 Å². The molecule has 2 rings (SSSR count). The molecule has 0 aliphatic carbocycles. The number of fused-ring (bicyclic) bond motifs is 1. The molecule has 1 aromatic carbocycles. The van der Waals surface area contributed by atoms with Gasteiger partial charge in [-0.1, -0.05) is 6.07 Å². The van der Waals surface area contributed by atoms with E-state index in [4.69, 9.17) is 0 Å². The lowest BCUT2D eigenvalue weighted by atomic mass is 10.1. The van der Waals surface area contributed by atoms with Gasteiger partial charge in [0.05, 0.1) is 6.26 Å². The summed E-state index contributed by atoms with van der Waals surface area (Å²) in [5, 5.41) is 0.966. The van der Waals surface area contributed by atoms with Gasteiger partial charge >= 0.3 is 0 Å². The molecule has 2 aromatic rings. The third-order valence-electron chi connectivity index (χ3n) is 2.48. The Labute approximate surface area is 113 Å². The van der Waals surface area contributed by atoms with E-state index in [9.17, 15) is 13.2 Å². The van der Waals surface area contributed by atoms with Gasteiger partial charge in [0.25, 0.3) is 5.91 Å². The summed E-state index contributed by atoms with van der Waals surface area (Å²) in [6.45, 7) is 0.